The summed E-state index contributed by atoms with van der Waals surface area (Å²) in [6.45, 7) is 8.28. The summed E-state index contributed by atoms with van der Waals surface area (Å²) in [4.78, 5) is 17.4. The summed E-state index contributed by atoms with van der Waals surface area (Å²) in [5, 5.41) is 9.47. The van der Waals surface area contributed by atoms with E-state index in [1.807, 2.05) is 37.3 Å². The first-order chi connectivity index (χ1) is 11.9. The number of Topliss-reactive ketones (excluding diaryl/α,β-unsaturated/α-hetero) is 1. The van der Waals surface area contributed by atoms with E-state index >= 15 is 0 Å². The Labute approximate surface area is 150 Å². The van der Waals surface area contributed by atoms with Crippen LogP contribution >= 0.6 is 0 Å². The van der Waals surface area contributed by atoms with Crippen LogP contribution in [0.2, 0.25) is 0 Å². The van der Waals surface area contributed by atoms with Crippen LogP contribution in [0.1, 0.15) is 57.3 Å². The fourth-order valence-electron chi connectivity index (χ4n) is 2.48. The molecule has 0 heterocycles. The number of phenols is 1. The van der Waals surface area contributed by atoms with E-state index in [1.165, 1.54) is 0 Å². The first kappa shape index (κ1) is 18.9. The molecule has 2 aromatic rings. The van der Waals surface area contributed by atoms with Crippen molar-refractivity contribution in [1.82, 2.24) is 0 Å². The number of benzene rings is 2. The lowest BCUT2D eigenvalue weighted by molar-refractivity contribution is 0.0980. The Balaban J connectivity index is 2.48. The SMILES string of the molecule is CCCCC(=O)c1cc(-c2ccc(O)cc2)ccc1N=C(C)C(C)C. The van der Waals surface area contributed by atoms with E-state index < -0.39 is 0 Å². The number of hydrogen-bond donors (Lipinski definition) is 1. The Morgan fingerprint density at radius 2 is 1.72 bits per heavy atom. The number of phenolic OH excluding ortho intramolecular Hbond substituents is 1. The molecular weight excluding hydrogens is 310 g/mol. The van der Waals surface area contributed by atoms with Crippen molar-refractivity contribution in [3.8, 4) is 16.9 Å². The van der Waals surface area contributed by atoms with E-state index in [0.717, 1.165) is 35.4 Å². The van der Waals surface area contributed by atoms with Gasteiger partial charge in [0.15, 0.2) is 5.78 Å². The van der Waals surface area contributed by atoms with E-state index in [4.69, 9.17) is 4.99 Å². The van der Waals surface area contributed by atoms with Crippen molar-refractivity contribution < 1.29 is 9.90 Å². The zero-order valence-electron chi connectivity index (χ0n) is 15.5. The van der Waals surface area contributed by atoms with Gasteiger partial charge in [0.1, 0.15) is 5.75 Å². The minimum atomic E-state index is 0.137. The van der Waals surface area contributed by atoms with Crippen LogP contribution in [-0.2, 0) is 0 Å². The molecule has 0 aliphatic rings. The van der Waals surface area contributed by atoms with Gasteiger partial charge in [0, 0.05) is 17.7 Å². The normalized spacial score (nSPS) is 11.8. The van der Waals surface area contributed by atoms with Crippen molar-refractivity contribution in [2.24, 2.45) is 10.9 Å². The third-order valence-corrected chi connectivity index (χ3v) is 4.39. The van der Waals surface area contributed by atoms with Gasteiger partial charge in [-0.1, -0.05) is 45.4 Å². The monoisotopic (exact) mass is 337 g/mol. The Morgan fingerprint density at radius 1 is 1.08 bits per heavy atom. The van der Waals surface area contributed by atoms with Crippen LogP contribution in [0, 0.1) is 5.92 Å². The maximum atomic E-state index is 12.7. The highest BCUT2D eigenvalue weighted by molar-refractivity contribution is 6.03. The first-order valence-corrected chi connectivity index (χ1v) is 8.94. The van der Waals surface area contributed by atoms with Crippen molar-refractivity contribution in [3.63, 3.8) is 0 Å². The van der Waals surface area contributed by atoms with Crippen molar-refractivity contribution in [1.29, 1.82) is 0 Å². The molecule has 0 bridgehead atoms. The van der Waals surface area contributed by atoms with Crippen LogP contribution in [0.5, 0.6) is 5.75 Å². The Bertz CT molecular complexity index is 758. The average molecular weight is 337 g/mol. The van der Waals surface area contributed by atoms with Gasteiger partial charge in [-0.2, -0.15) is 0 Å². The molecule has 0 saturated carbocycles. The molecule has 0 unspecified atom stereocenters. The number of aromatic hydroxyl groups is 1. The zero-order valence-corrected chi connectivity index (χ0v) is 15.5. The molecule has 0 atom stereocenters. The van der Waals surface area contributed by atoms with Gasteiger partial charge >= 0.3 is 0 Å². The molecule has 3 heteroatoms. The minimum absolute atomic E-state index is 0.137. The van der Waals surface area contributed by atoms with Gasteiger partial charge in [-0.15, -0.1) is 0 Å². The molecule has 25 heavy (non-hydrogen) atoms. The summed E-state index contributed by atoms with van der Waals surface area (Å²) in [5.41, 5.74) is 4.37. The number of carbonyl (C=O) groups is 1. The number of carbonyl (C=O) groups excluding carboxylic acids is 1. The Kier molecular flexibility index (Phi) is 6.51. The second kappa shape index (κ2) is 8.61. The van der Waals surface area contributed by atoms with E-state index in [1.54, 1.807) is 12.1 Å². The van der Waals surface area contributed by atoms with Gasteiger partial charge in [0.25, 0.3) is 0 Å². The van der Waals surface area contributed by atoms with Crippen LogP contribution in [0.4, 0.5) is 5.69 Å². The first-order valence-electron chi connectivity index (χ1n) is 8.94. The van der Waals surface area contributed by atoms with Crippen LogP contribution in [-0.4, -0.2) is 16.6 Å². The molecule has 0 spiro atoms. The van der Waals surface area contributed by atoms with E-state index in [0.29, 0.717) is 17.9 Å². The second-order valence-electron chi connectivity index (χ2n) is 6.71. The van der Waals surface area contributed by atoms with Gasteiger partial charge in [0.05, 0.1) is 5.69 Å². The molecule has 2 rings (SSSR count). The van der Waals surface area contributed by atoms with Crippen molar-refractivity contribution >= 4 is 17.2 Å². The summed E-state index contributed by atoms with van der Waals surface area (Å²) >= 11 is 0. The van der Waals surface area contributed by atoms with Gasteiger partial charge in [-0.25, -0.2) is 0 Å². The third-order valence-electron chi connectivity index (χ3n) is 4.39. The maximum Gasteiger partial charge on any atom is 0.165 e. The molecular formula is C22H27NO2. The maximum absolute atomic E-state index is 12.7. The highest BCUT2D eigenvalue weighted by Crippen LogP contribution is 2.30. The molecule has 1 N–H and O–H groups in total. The number of hydrogen-bond acceptors (Lipinski definition) is 3. The fraction of sp³-hybridized carbons (Fsp3) is 0.364. The Hall–Kier alpha value is -2.42. The fourth-order valence-corrected chi connectivity index (χ4v) is 2.48. The van der Waals surface area contributed by atoms with Crippen LogP contribution in [0.25, 0.3) is 11.1 Å². The molecule has 0 fully saturated rings. The number of unbranched alkanes of at least 4 members (excludes halogenated alkanes) is 1. The molecule has 3 nitrogen and oxygen atoms in total. The predicted molar refractivity (Wildman–Crippen MR) is 105 cm³/mol. The third kappa shape index (κ3) is 5.02. The molecule has 0 aliphatic heterocycles. The van der Waals surface area contributed by atoms with E-state index in [9.17, 15) is 9.90 Å². The van der Waals surface area contributed by atoms with Crippen LogP contribution in [0.15, 0.2) is 47.5 Å². The molecule has 0 radical (unpaired) electrons. The topological polar surface area (TPSA) is 49.7 Å². The number of rotatable bonds is 7. The lowest BCUT2D eigenvalue weighted by atomic mass is 9.97. The lowest BCUT2D eigenvalue weighted by Gasteiger charge is -2.11. The molecule has 0 aliphatic carbocycles. The molecule has 2 aromatic carbocycles. The van der Waals surface area contributed by atoms with Crippen molar-refractivity contribution in [3.05, 3.63) is 48.0 Å². The highest BCUT2D eigenvalue weighted by Gasteiger charge is 2.13. The van der Waals surface area contributed by atoms with Crippen LogP contribution in [0.3, 0.4) is 0 Å². The minimum Gasteiger partial charge on any atom is -0.508 e. The predicted octanol–water partition coefficient (Wildman–Crippen LogP) is 6.18. The summed E-state index contributed by atoms with van der Waals surface area (Å²) < 4.78 is 0. The number of nitrogens with zero attached hydrogens (tertiary/aromatic N) is 1. The largest absolute Gasteiger partial charge is 0.508 e. The van der Waals surface area contributed by atoms with E-state index in [-0.39, 0.29) is 11.5 Å². The summed E-state index contributed by atoms with van der Waals surface area (Å²) in [6.07, 6.45) is 2.42. The number of ketones is 1. The second-order valence-corrected chi connectivity index (χ2v) is 6.71. The van der Waals surface area contributed by atoms with Crippen molar-refractivity contribution in [2.75, 3.05) is 0 Å². The summed E-state index contributed by atoms with van der Waals surface area (Å²) in [6, 6.07) is 12.9. The van der Waals surface area contributed by atoms with Crippen LogP contribution < -0.4 is 0 Å². The average Bonchev–Trinajstić information content (AvgIpc) is 2.60. The highest BCUT2D eigenvalue weighted by atomic mass is 16.3. The van der Waals surface area contributed by atoms with Gasteiger partial charge in [0.2, 0.25) is 0 Å². The molecule has 132 valence electrons. The van der Waals surface area contributed by atoms with Crippen molar-refractivity contribution in [2.45, 2.75) is 47.0 Å². The summed E-state index contributed by atoms with van der Waals surface area (Å²) in [5.74, 6) is 0.713. The lowest BCUT2D eigenvalue weighted by Crippen LogP contribution is -2.04. The van der Waals surface area contributed by atoms with Gasteiger partial charge < -0.3 is 5.11 Å². The van der Waals surface area contributed by atoms with Gasteiger partial charge in [-0.3, -0.25) is 9.79 Å². The molecule has 0 saturated heterocycles. The smallest absolute Gasteiger partial charge is 0.165 e. The number of aliphatic imine (C=N–C) groups is 1. The molecule has 0 aromatic heterocycles. The molecule has 0 amide bonds. The van der Waals surface area contributed by atoms with Gasteiger partial charge in [-0.05, 0) is 54.7 Å². The Morgan fingerprint density at radius 3 is 2.32 bits per heavy atom. The van der Waals surface area contributed by atoms with E-state index in [2.05, 4.69) is 20.8 Å². The zero-order chi connectivity index (χ0) is 18.4. The summed E-state index contributed by atoms with van der Waals surface area (Å²) in [7, 11) is 0. The quantitative estimate of drug-likeness (QED) is 0.484. The standard InChI is InChI=1S/C22H27NO2/c1-5-6-7-22(25)20-14-18(17-8-11-19(24)12-9-17)10-13-21(20)23-16(4)15(2)3/h8-15,24H,5-7H2,1-4H3.